The minimum atomic E-state index is -0.448. The summed E-state index contributed by atoms with van der Waals surface area (Å²) in [4.78, 5) is 28.7. The van der Waals surface area contributed by atoms with Gasteiger partial charge in [-0.15, -0.1) is 0 Å². The number of H-pyrrole nitrogens is 1. The number of nitrogen functional groups attached to an aromatic ring is 1. The summed E-state index contributed by atoms with van der Waals surface area (Å²) in [6, 6.07) is 9.50. The molecule has 118 valence electrons. The lowest BCUT2D eigenvalue weighted by atomic mass is 10.2. The maximum atomic E-state index is 12.6. The predicted molar refractivity (Wildman–Crippen MR) is 91.2 cm³/mol. The molecule has 7 nitrogen and oxygen atoms in total. The van der Waals surface area contributed by atoms with Crippen LogP contribution in [0.2, 0.25) is 0 Å². The molecule has 3 aromatic heterocycles. The summed E-state index contributed by atoms with van der Waals surface area (Å²) in [5.41, 5.74) is 9.23. The van der Waals surface area contributed by atoms with Gasteiger partial charge in [-0.2, -0.15) is 4.98 Å². The van der Waals surface area contributed by atoms with E-state index in [4.69, 9.17) is 10.7 Å². The number of hydrogen-bond acceptors (Lipinski definition) is 5. The molecule has 1 saturated carbocycles. The molecule has 1 aliphatic rings. The minimum Gasteiger partial charge on any atom is -0.383 e. The van der Waals surface area contributed by atoms with Crippen LogP contribution < -0.4 is 11.4 Å². The van der Waals surface area contributed by atoms with Gasteiger partial charge in [0, 0.05) is 11.6 Å². The number of pyridine rings is 1. The fourth-order valence-corrected chi connectivity index (χ4v) is 3.09. The van der Waals surface area contributed by atoms with Crippen molar-refractivity contribution < 1.29 is 0 Å². The number of imidazole rings is 1. The van der Waals surface area contributed by atoms with Crippen LogP contribution >= 0.6 is 0 Å². The smallest absolute Gasteiger partial charge is 0.355 e. The van der Waals surface area contributed by atoms with E-state index in [9.17, 15) is 4.79 Å². The Bertz CT molecular complexity index is 1150. The molecule has 1 aromatic carbocycles. The van der Waals surface area contributed by atoms with Crippen LogP contribution in [0.1, 0.15) is 24.5 Å². The van der Waals surface area contributed by atoms with Crippen molar-refractivity contribution in [2.24, 2.45) is 0 Å². The van der Waals surface area contributed by atoms with Gasteiger partial charge in [0.25, 0.3) is 0 Å². The van der Waals surface area contributed by atoms with Crippen molar-refractivity contribution in [1.82, 2.24) is 24.5 Å². The van der Waals surface area contributed by atoms with Gasteiger partial charge in [-0.3, -0.25) is 0 Å². The molecule has 3 N–H and O–H groups in total. The number of aromatic amines is 1. The molecule has 0 radical (unpaired) electrons. The summed E-state index contributed by atoms with van der Waals surface area (Å²) in [5.74, 6) is 0.684. The topological polar surface area (TPSA) is 102 Å². The molecule has 1 aliphatic carbocycles. The highest BCUT2D eigenvalue weighted by atomic mass is 16.1. The number of anilines is 1. The highest BCUT2D eigenvalue weighted by Crippen LogP contribution is 2.39. The fourth-order valence-electron chi connectivity index (χ4n) is 3.09. The van der Waals surface area contributed by atoms with E-state index < -0.39 is 5.69 Å². The second kappa shape index (κ2) is 4.64. The van der Waals surface area contributed by atoms with Gasteiger partial charge in [-0.25, -0.2) is 19.3 Å². The molecular weight excluding hydrogens is 304 g/mol. The van der Waals surface area contributed by atoms with Crippen LogP contribution in [0, 0.1) is 0 Å². The zero-order valence-corrected chi connectivity index (χ0v) is 12.7. The number of nitrogens with zero attached hydrogens (tertiary/aromatic N) is 4. The molecule has 0 amide bonds. The second-order valence-electron chi connectivity index (χ2n) is 6.07. The number of nitrogens with one attached hydrogen (secondary N) is 1. The first-order chi connectivity index (χ1) is 11.7. The van der Waals surface area contributed by atoms with Crippen LogP contribution in [0.25, 0.3) is 27.8 Å². The summed E-state index contributed by atoms with van der Waals surface area (Å²) in [6.45, 7) is 0. The summed E-state index contributed by atoms with van der Waals surface area (Å²) in [5, 5.41) is 0.673. The number of para-hydroxylation sites is 1. The number of nitrogens with two attached hydrogens (primary N) is 1. The molecular formula is C17H14N6O. The van der Waals surface area contributed by atoms with E-state index in [1.54, 1.807) is 6.33 Å². The molecule has 0 bridgehead atoms. The normalized spacial score (nSPS) is 14.5. The van der Waals surface area contributed by atoms with Crippen molar-refractivity contribution in [3.63, 3.8) is 0 Å². The van der Waals surface area contributed by atoms with Gasteiger partial charge in [0.1, 0.15) is 11.3 Å². The van der Waals surface area contributed by atoms with Crippen LogP contribution in [0.15, 0.2) is 41.5 Å². The Kier molecular flexibility index (Phi) is 2.56. The first-order valence-corrected chi connectivity index (χ1v) is 7.84. The number of rotatable bonds is 2. The summed E-state index contributed by atoms with van der Waals surface area (Å²) in [7, 11) is 0. The average molecular weight is 318 g/mol. The monoisotopic (exact) mass is 318 g/mol. The van der Waals surface area contributed by atoms with E-state index >= 15 is 0 Å². The van der Waals surface area contributed by atoms with Crippen LogP contribution in [0.5, 0.6) is 0 Å². The zero-order chi connectivity index (χ0) is 16.3. The number of hydrogen-bond donors (Lipinski definition) is 2. The lowest BCUT2D eigenvalue weighted by molar-refractivity contribution is 0.931. The highest BCUT2D eigenvalue weighted by molar-refractivity contribution is 5.90. The van der Waals surface area contributed by atoms with Gasteiger partial charge in [-0.1, -0.05) is 6.07 Å². The van der Waals surface area contributed by atoms with E-state index in [2.05, 4.69) is 15.0 Å². The van der Waals surface area contributed by atoms with Gasteiger partial charge >= 0.3 is 5.69 Å². The number of fused-ring (bicyclic) bond motifs is 2. The third kappa shape index (κ3) is 1.84. The van der Waals surface area contributed by atoms with Crippen molar-refractivity contribution in [2.45, 2.75) is 18.8 Å². The molecule has 24 heavy (non-hydrogen) atoms. The van der Waals surface area contributed by atoms with Crippen LogP contribution in [-0.2, 0) is 0 Å². The van der Waals surface area contributed by atoms with Crippen molar-refractivity contribution in [2.75, 3.05) is 5.73 Å². The summed E-state index contributed by atoms with van der Waals surface area (Å²) in [6.07, 6.45) is 3.88. The van der Waals surface area contributed by atoms with Gasteiger partial charge in [-0.05, 0) is 37.1 Å². The second-order valence-corrected chi connectivity index (χ2v) is 6.07. The van der Waals surface area contributed by atoms with Gasteiger partial charge in [0.15, 0.2) is 5.65 Å². The van der Waals surface area contributed by atoms with E-state index in [0.29, 0.717) is 28.2 Å². The van der Waals surface area contributed by atoms with Crippen LogP contribution in [-0.4, -0.2) is 24.5 Å². The average Bonchev–Trinajstić information content (AvgIpc) is 3.32. The van der Waals surface area contributed by atoms with E-state index in [1.165, 1.54) is 4.57 Å². The maximum Gasteiger partial charge on any atom is 0.355 e. The number of benzene rings is 1. The molecule has 5 rings (SSSR count). The lowest BCUT2D eigenvalue weighted by Crippen LogP contribution is -2.24. The molecule has 1 fully saturated rings. The van der Waals surface area contributed by atoms with Gasteiger partial charge in [0.2, 0.25) is 0 Å². The lowest BCUT2D eigenvalue weighted by Gasteiger charge is -2.11. The van der Waals surface area contributed by atoms with E-state index in [-0.39, 0.29) is 5.82 Å². The fraction of sp³-hybridized carbons (Fsp3) is 0.176. The van der Waals surface area contributed by atoms with Gasteiger partial charge in [0.05, 0.1) is 22.9 Å². The molecule has 4 aromatic rings. The Morgan fingerprint density at radius 2 is 2.04 bits per heavy atom. The molecule has 0 unspecified atom stereocenters. The number of aromatic nitrogens is 5. The third-order valence-corrected chi connectivity index (χ3v) is 4.46. The van der Waals surface area contributed by atoms with Gasteiger partial charge < -0.3 is 10.7 Å². The Hall–Kier alpha value is -3.22. The third-order valence-electron chi connectivity index (χ3n) is 4.46. The van der Waals surface area contributed by atoms with E-state index in [0.717, 1.165) is 24.1 Å². The van der Waals surface area contributed by atoms with Crippen LogP contribution in [0.4, 0.5) is 5.82 Å². The molecule has 7 heteroatoms. The minimum absolute atomic E-state index is 0.204. The van der Waals surface area contributed by atoms with Crippen molar-refractivity contribution in [3.8, 4) is 5.69 Å². The Balaban J connectivity index is 1.91. The van der Waals surface area contributed by atoms with Crippen molar-refractivity contribution in [3.05, 3.63) is 52.8 Å². The van der Waals surface area contributed by atoms with Crippen LogP contribution in [0.3, 0.4) is 0 Å². The van der Waals surface area contributed by atoms with Crippen molar-refractivity contribution in [1.29, 1.82) is 0 Å². The standard InChI is InChI=1S/C17H14N6O/c18-15-10-6-7-11(9-4-5-9)21-16(10)23(17(24)22-15)13-3-1-2-12-14(13)20-8-19-12/h1-3,6-9H,4-5H2,(H,19,20)(H2,18,22,24). The Morgan fingerprint density at radius 3 is 2.88 bits per heavy atom. The summed E-state index contributed by atoms with van der Waals surface area (Å²) >= 11 is 0. The predicted octanol–water partition coefficient (Wildman–Crippen LogP) is 2.12. The molecule has 0 aliphatic heterocycles. The summed E-state index contributed by atoms with van der Waals surface area (Å²) < 4.78 is 1.50. The molecule has 0 saturated heterocycles. The quantitative estimate of drug-likeness (QED) is 0.589. The highest BCUT2D eigenvalue weighted by Gasteiger charge is 2.26. The first-order valence-electron chi connectivity index (χ1n) is 7.84. The van der Waals surface area contributed by atoms with Crippen molar-refractivity contribution >= 4 is 27.9 Å². The largest absolute Gasteiger partial charge is 0.383 e. The zero-order valence-electron chi connectivity index (χ0n) is 12.7. The SMILES string of the molecule is Nc1nc(=O)n(-c2cccc3[nH]cnc23)c2nc(C3CC3)ccc12. The van der Waals surface area contributed by atoms with E-state index in [1.807, 2.05) is 30.3 Å². The molecule has 0 spiro atoms. The first kappa shape index (κ1) is 13.2. The molecule has 0 atom stereocenters. The Morgan fingerprint density at radius 1 is 1.17 bits per heavy atom. The Labute approximate surface area is 136 Å². The maximum absolute atomic E-state index is 12.6. The molecule has 3 heterocycles.